The van der Waals surface area contributed by atoms with Crippen LogP contribution in [0.4, 0.5) is 5.69 Å². The number of hydrogen-bond donors (Lipinski definition) is 2. The van der Waals surface area contributed by atoms with Crippen molar-refractivity contribution >= 4 is 35.6 Å². The van der Waals surface area contributed by atoms with E-state index in [4.69, 9.17) is 19.2 Å². The molecule has 1 aromatic carbocycles. The fraction of sp³-hybridized carbons (Fsp3) is 0.632. The van der Waals surface area contributed by atoms with Crippen LogP contribution in [0.25, 0.3) is 0 Å². The number of hydrogen-bond acceptors (Lipinski definition) is 4. The summed E-state index contributed by atoms with van der Waals surface area (Å²) in [5, 5.41) is 6.66. The van der Waals surface area contributed by atoms with Gasteiger partial charge in [0.15, 0.2) is 17.5 Å². The van der Waals surface area contributed by atoms with Gasteiger partial charge < -0.3 is 24.8 Å². The highest BCUT2D eigenvalue weighted by Gasteiger charge is 2.41. The van der Waals surface area contributed by atoms with Crippen molar-refractivity contribution < 1.29 is 14.2 Å². The number of methoxy groups -OCH3 is 2. The Morgan fingerprint density at radius 3 is 2.54 bits per heavy atom. The molecule has 6 nitrogen and oxygen atoms in total. The van der Waals surface area contributed by atoms with Crippen LogP contribution in [0.15, 0.2) is 23.2 Å². The molecular formula is C19H32IN3O3. The van der Waals surface area contributed by atoms with E-state index in [-0.39, 0.29) is 24.0 Å². The van der Waals surface area contributed by atoms with Gasteiger partial charge in [0.05, 0.1) is 13.7 Å². The molecule has 1 fully saturated rings. The van der Waals surface area contributed by atoms with Gasteiger partial charge in [-0.3, -0.25) is 4.99 Å². The lowest BCUT2D eigenvalue weighted by Gasteiger charge is -2.16. The predicted octanol–water partition coefficient (Wildman–Crippen LogP) is 3.91. The summed E-state index contributed by atoms with van der Waals surface area (Å²) in [4.78, 5) is 4.78. The second-order valence-electron chi connectivity index (χ2n) is 6.36. The maximum absolute atomic E-state index is 5.64. The van der Waals surface area contributed by atoms with Crippen molar-refractivity contribution in [3.8, 4) is 11.5 Å². The first-order valence-electron chi connectivity index (χ1n) is 9.01. The second-order valence-corrected chi connectivity index (χ2v) is 6.36. The molecule has 0 heterocycles. The third-order valence-electron chi connectivity index (χ3n) is 4.44. The molecule has 0 aliphatic heterocycles. The zero-order chi connectivity index (χ0) is 18.1. The maximum atomic E-state index is 5.64. The van der Waals surface area contributed by atoms with Gasteiger partial charge in [-0.2, -0.15) is 0 Å². The number of ether oxygens (including phenoxy) is 3. The average molecular weight is 477 g/mol. The van der Waals surface area contributed by atoms with Crippen molar-refractivity contribution in [1.29, 1.82) is 0 Å². The lowest BCUT2D eigenvalue weighted by Crippen LogP contribution is -2.31. The molecule has 1 aliphatic rings. The summed E-state index contributed by atoms with van der Waals surface area (Å²) in [6.07, 6.45) is 3.54. The van der Waals surface area contributed by atoms with Gasteiger partial charge >= 0.3 is 0 Å². The quantitative estimate of drug-likeness (QED) is 0.304. The average Bonchev–Trinajstić information content (AvgIpc) is 3.39. The molecule has 2 rings (SSSR count). The summed E-state index contributed by atoms with van der Waals surface area (Å²) in [5.41, 5.74) is 1.25. The molecule has 0 unspecified atom stereocenters. The normalized spacial score (nSPS) is 15.0. The fourth-order valence-electron chi connectivity index (χ4n) is 2.70. The number of halogens is 1. The minimum absolute atomic E-state index is 0. The number of nitrogens with zero attached hydrogens (tertiary/aromatic N) is 1. The lowest BCUT2D eigenvalue weighted by molar-refractivity contribution is 0.174. The van der Waals surface area contributed by atoms with Crippen molar-refractivity contribution in [1.82, 2.24) is 5.32 Å². The second kappa shape index (κ2) is 11.5. The summed E-state index contributed by atoms with van der Waals surface area (Å²) in [5.74, 6) is 2.24. The van der Waals surface area contributed by atoms with Crippen molar-refractivity contribution in [2.24, 2.45) is 10.4 Å². The van der Waals surface area contributed by atoms with Gasteiger partial charge in [0.1, 0.15) is 0 Å². The zero-order valence-electron chi connectivity index (χ0n) is 16.3. The van der Waals surface area contributed by atoms with Crippen LogP contribution in [0.3, 0.4) is 0 Å². The number of anilines is 1. The van der Waals surface area contributed by atoms with Crippen molar-refractivity contribution in [3.63, 3.8) is 0 Å². The molecule has 0 spiro atoms. The Kier molecular flexibility index (Phi) is 10.1. The highest BCUT2D eigenvalue weighted by Crippen LogP contribution is 2.49. The number of rotatable bonds is 10. The van der Waals surface area contributed by atoms with E-state index in [1.807, 2.05) is 25.1 Å². The Bertz CT molecular complexity index is 577. The Morgan fingerprint density at radius 2 is 1.96 bits per heavy atom. The van der Waals surface area contributed by atoms with Crippen molar-refractivity contribution in [3.05, 3.63) is 18.2 Å². The Labute approximate surface area is 174 Å². The maximum Gasteiger partial charge on any atom is 0.195 e. The summed E-state index contributed by atoms with van der Waals surface area (Å²) in [6, 6.07) is 5.80. The van der Waals surface area contributed by atoms with E-state index in [1.54, 1.807) is 14.2 Å². The first-order chi connectivity index (χ1) is 12.2. The van der Waals surface area contributed by atoms with E-state index in [9.17, 15) is 0 Å². The number of guanidine groups is 1. The molecule has 1 saturated carbocycles. The monoisotopic (exact) mass is 477 g/mol. The fourth-order valence-corrected chi connectivity index (χ4v) is 2.70. The van der Waals surface area contributed by atoms with Gasteiger partial charge in [-0.15, -0.1) is 24.0 Å². The smallest absolute Gasteiger partial charge is 0.195 e. The number of benzene rings is 1. The Morgan fingerprint density at radius 1 is 1.19 bits per heavy atom. The van der Waals surface area contributed by atoms with Gasteiger partial charge in [0.2, 0.25) is 0 Å². The van der Waals surface area contributed by atoms with Gasteiger partial charge in [0, 0.05) is 38.6 Å². The van der Waals surface area contributed by atoms with E-state index in [0.717, 1.165) is 49.3 Å². The van der Waals surface area contributed by atoms with Crippen LogP contribution in [0.5, 0.6) is 11.5 Å². The highest BCUT2D eigenvalue weighted by molar-refractivity contribution is 14.0. The molecule has 0 aromatic heterocycles. The summed E-state index contributed by atoms with van der Waals surface area (Å²) < 4.78 is 16.2. The summed E-state index contributed by atoms with van der Waals surface area (Å²) >= 11 is 0. The molecular weight excluding hydrogens is 445 g/mol. The van der Waals surface area contributed by atoms with Crippen LogP contribution >= 0.6 is 24.0 Å². The zero-order valence-corrected chi connectivity index (χ0v) is 18.6. The molecule has 1 aliphatic carbocycles. The van der Waals surface area contributed by atoms with Gasteiger partial charge in [0.25, 0.3) is 0 Å². The van der Waals surface area contributed by atoms with E-state index < -0.39 is 0 Å². The molecule has 26 heavy (non-hydrogen) atoms. The lowest BCUT2D eigenvalue weighted by atomic mass is 10.0. The third kappa shape index (κ3) is 6.83. The van der Waals surface area contributed by atoms with Crippen LogP contribution in [-0.2, 0) is 4.74 Å². The number of aliphatic imine (C=N–C) groups is 1. The highest BCUT2D eigenvalue weighted by atomic mass is 127. The Balaban J connectivity index is 0.00000338. The topological polar surface area (TPSA) is 64.1 Å². The number of nitrogens with one attached hydrogen (secondary N) is 2. The molecule has 0 radical (unpaired) electrons. The third-order valence-corrected chi connectivity index (χ3v) is 4.44. The van der Waals surface area contributed by atoms with Crippen molar-refractivity contribution in [2.45, 2.75) is 33.1 Å². The van der Waals surface area contributed by atoms with Gasteiger partial charge in [-0.25, -0.2) is 0 Å². The van der Waals surface area contributed by atoms with Crippen LogP contribution in [0.1, 0.15) is 33.1 Å². The minimum Gasteiger partial charge on any atom is -0.493 e. The standard InChI is InChI=1S/C19H31N3O3.HI/c1-5-20-18(21-14-19(9-10-19)11-12-23-3)22-15-7-8-16(24-4)17(13-15)25-6-2;/h7-8,13H,5-6,9-12,14H2,1-4H3,(H2,20,21,22);1H. The van der Waals surface area contributed by atoms with Crippen molar-refractivity contribution in [2.75, 3.05) is 45.8 Å². The first kappa shape index (κ1) is 22.8. The minimum atomic E-state index is 0. The molecule has 0 bridgehead atoms. The van der Waals surface area contributed by atoms with Gasteiger partial charge in [-0.05, 0) is 50.7 Å². The molecule has 7 heteroatoms. The van der Waals surface area contributed by atoms with Crippen LogP contribution in [-0.4, -0.2) is 46.5 Å². The van der Waals surface area contributed by atoms with Crippen LogP contribution in [0.2, 0.25) is 0 Å². The first-order valence-corrected chi connectivity index (χ1v) is 9.01. The molecule has 1 aromatic rings. The van der Waals surface area contributed by atoms with Crippen LogP contribution in [0, 0.1) is 5.41 Å². The molecule has 0 atom stereocenters. The molecule has 0 amide bonds. The molecule has 0 saturated heterocycles. The molecule has 2 N–H and O–H groups in total. The van der Waals surface area contributed by atoms with Crippen LogP contribution < -0.4 is 20.1 Å². The summed E-state index contributed by atoms with van der Waals surface area (Å²) in [7, 11) is 3.40. The van der Waals surface area contributed by atoms with E-state index in [2.05, 4.69) is 17.6 Å². The largest absolute Gasteiger partial charge is 0.493 e. The van der Waals surface area contributed by atoms with E-state index in [1.165, 1.54) is 12.8 Å². The molecule has 148 valence electrons. The van der Waals surface area contributed by atoms with E-state index >= 15 is 0 Å². The SMILES string of the molecule is CCNC(=NCC1(CCOC)CC1)Nc1ccc(OC)c(OCC)c1.I. The van der Waals surface area contributed by atoms with E-state index in [0.29, 0.717) is 12.0 Å². The summed E-state index contributed by atoms with van der Waals surface area (Å²) in [6.45, 7) is 7.05. The van der Waals surface area contributed by atoms with Gasteiger partial charge in [-0.1, -0.05) is 0 Å². The Hall–Kier alpha value is -1.22. The predicted molar refractivity (Wildman–Crippen MR) is 117 cm³/mol.